The molecule has 4 heteroatoms. The van der Waals surface area contributed by atoms with Crippen LogP contribution >= 0.6 is 15.9 Å². The van der Waals surface area contributed by atoms with Gasteiger partial charge in [-0.1, -0.05) is 22.9 Å². The molecule has 0 saturated carbocycles. The fourth-order valence-electron chi connectivity index (χ4n) is 3.28. The fraction of sp³-hybridized carbons (Fsp3) is 0.647. The second kappa shape index (κ2) is 8.16. The Morgan fingerprint density at radius 2 is 2.29 bits per heavy atom. The number of rotatable bonds is 6. The van der Waals surface area contributed by atoms with Gasteiger partial charge in [0.2, 0.25) is 0 Å². The van der Waals surface area contributed by atoms with Crippen molar-refractivity contribution >= 4 is 21.6 Å². The summed E-state index contributed by atoms with van der Waals surface area (Å²) in [6, 6.07) is 6.95. The van der Waals surface area contributed by atoms with E-state index < -0.39 is 0 Å². The molecule has 2 N–H and O–H groups in total. The van der Waals surface area contributed by atoms with Crippen molar-refractivity contribution in [3.63, 3.8) is 0 Å². The Labute approximate surface area is 136 Å². The summed E-state index contributed by atoms with van der Waals surface area (Å²) < 4.78 is 1.13. The number of halogens is 1. The minimum Gasteiger partial charge on any atom is -0.396 e. The highest BCUT2D eigenvalue weighted by atomic mass is 79.9. The molecule has 0 bridgehead atoms. The van der Waals surface area contributed by atoms with Crippen LogP contribution < -0.4 is 10.2 Å². The number of aliphatic hydroxyl groups excluding tert-OH is 1. The number of piperidine rings is 1. The number of benzene rings is 1. The van der Waals surface area contributed by atoms with E-state index in [1.807, 2.05) is 0 Å². The van der Waals surface area contributed by atoms with E-state index in [1.54, 1.807) is 0 Å². The zero-order chi connectivity index (χ0) is 15.2. The van der Waals surface area contributed by atoms with Crippen LogP contribution in [0.3, 0.4) is 0 Å². The SMILES string of the molecule is CCNC(C)c1cc(Br)ccc1N1CCCC(CCO)C1. The van der Waals surface area contributed by atoms with Crippen molar-refractivity contribution < 1.29 is 5.11 Å². The van der Waals surface area contributed by atoms with E-state index >= 15 is 0 Å². The molecule has 0 amide bonds. The van der Waals surface area contributed by atoms with Gasteiger partial charge in [0.25, 0.3) is 0 Å². The summed E-state index contributed by atoms with van der Waals surface area (Å²) in [7, 11) is 0. The van der Waals surface area contributed by atoms with E-state index in [2.05, 4.69) is 58.2 Å². The van der Waals surface area contributed by atoms with Crippen molar-refractivity contribution in [1.82, 2.24) is 5.32 Å². The van der Waals surface area contributed by atoms with Crippen LogP contribution in [0.25, 0.3) is 0 Å². The van der Waals surface area contributed by atoms with Gasteiger partial charge in [-0.25, -0.2) is 0 Å². The normalized spacial score (nSPS) is 20.6. The molecule has 0 aromatic heterocycles. The molecular weight excluding hydrogens is 328 g/mol. The highest BCUT2D eigenvalue weighted by molar-refractivity contribution is 9.10. The summed E-state index contributed by atoms with van der Waals surface area (Å²) in [4.78, 5) is 2.50. The maximum Gasteiger partial charge on any atom is 0.0434 e. The maximum atomic E-state index is 9.19. The largest absolute Gasteiger partial charge is 0.396 e. The molecule has 2 unspecified atom stereocenters. The summed E-state index contributed by atoms with van der Waals surface area (Å²) in [5.74, 6) is 0.620. The highest BCUT2D eigenvalue weighted by Gasteiger charge is 2.22. The van der Waals surface area contributed by atoms with Gasteiger partial charge in [0.15, 0.2) is 0 Å². The number of anilines is 1. The Morgan fingerprint density at radius 3 is 3.00 bits per heavy atom. The van der Waals surface area contributed by atoms with Crippen LogP contribution in [0.5, 0.6) is 0 Å². The van der Waals surface area contributed by atoms with E-state index in [9.17, 15) is 5.11 Å². The van der Waals surface area contributed by atoms with Crippen molar-refractivity contribution in [3.05, 3.63) is 28.2 Å². The van der Waals surface area contributed by atoms with Crippen LogP contribution in [-0.2, 0) is 0 Å². The zero-order valence-corrected chi connectivity index (χ0v) is 14.7. The van der Waals surface area contributed by atoms with Gasteiger partial charge in [0, 0.05) is 35.9 Å². The third-order valence-corrected chi connectivity index (χ3v) is 4.86. The van der Waals surface area contributed by atoms with Crippen LogP contribution in [0, 0.1) is 5.92 Å². The summed E-state index contributed by atoms with van der Waals surface area (Å²) in [5.41, 5.74) is 2.70. The molecule has 0 radical (unpaired) electrons. The third kappa shape index (κ3) is 4.44. The summed E-state index contributed by atoms with van der Waals surface area (Å²) in [6.45, 7) is 7.83. The van der Waals surface area contributed by atoms with Gasteiger partial charge >= 0.3 is 0 Å². The molecule has 1 aliphatic heterocycles. The summed E-state index contributed by atoms with van der Waals surface area (Å²) >= 11 is 3.60. The van der Waals surface area contributed by atoms with E-state index in [1.165, 1.54) is 24.1 Å². The standard InChI is InChI=1S/C17H27BrN2O/c1-3-19-13(2)16-11-15(18)6-7-17(16)20-9-4-5-14(12-20)8-10-21/h6-7,11,13-14,19,21H,3-5,8-10,12H2,1-2H3. The molecule has 1 heterocycles. The molecule has 118 valence electrons. The number of nitrogens with one attached hydrogen (secondary N) is 1. The first kappa shape index (κ1) is 16.8. The highest BCUT2D eigenvalue weighted by Crippen LogP contribution is 2.33. The molecule has 0 spiro atoms. The topological polar surface area (TPSA) is 35.5 Å². The minimum absolute atomic E-state index is 0.305. The zero-order valence-electron chi connectivity index (χ0n) is 13.1. The van der Waals surface area contributed by atoms with Crippen molar-refractivity contribution in [2.45, 2.75) is 39.2 Å². The predicted molar refractivity (Wildman–Crippen MR) is 92.9 cm³/mol. The smallest absolute Gasteiger partial charge is 0.0434 e. The lowest BCUT2D eigenvalue weighted by molar-refractivity contribution is 0.244. The first-order valence-electron chi connectivity index (χ1n) is 8.04. The second-order valence-corrected chi connectivity index (χ2v) is 6.86. The lowest BCUT2D eigenvalue weighted by Gasteiger charge is -2.36. The molecule has 21 heavy (non-hydrogen) atoms. The number of hydrogen-bond donors (Lipinski definition) is 2. The molecule has 2 atom stereocenters. The molecule has 1 aromatic rings. The lowest BCUT2D eigenvalue weighted by atomic mass is 9.93. The quantitative estimate of drug-likeness (QED) is 0.817. The molecule has 0 aliphatic carbocycles. The van der Waals surface area contributed by atoms with Crippen molar-refractivity contribution in [2.75, 3.05) is 31.1 Å². The molecular formula is C17H27BrN2O. The van der Waals surface area contributed by atoms with E-state index in [0.717, 1.165) is 30.5 Å². The van der Waals surface area contributed by atoms with Crippen LogP contribution in [0.4, 0.5) is 5.69 Å². The first-order chi connectivity index (χ1) is 10.2. The van der Waals surface area contributed by atoms with Gasteiger partial charge in [-0.2, -0.15) is 0 Å². The Bertz CT molecular complexity index is 450. The number of aliphatic hydroxyl groups is 1. The molecule has 1 aliphatic rings. The first-order valence-corrected chi connectivity index (χ1v) is 8.83. The van der Waals surface area contributed by atoms with Gasteiger partial charge in [-0.05, 0) is 62.4 Å². The van der Waals surface area contributed by atoms with Gasteiger partial charge in [-0.15, -0.1) is 0 Å². The van der Waals surface area contributed by atoms with Crippen LogP contribution in [0.2, 0.25) is 0 Å². The summed E-state index contributed by atoms with van der Waals surface area (Å²) in [5, 5.41) is 12.7. The minimum atomic E-state index is 0.305. The summed E-state index contributed by atoms with van der Waals surface area (Å²) in [6.07, 6.45) is 3.38. The Balaban J connectivity index is 2.21. The van der Waals surface area contributed by atoms with Crippen molar-refractivity contribution in [2.24, 2.45) is 5.92 Å². The third-order valence-electron chi connectivity index (χ3n) is 4.36. The maximum absolute atomic E-state index is 9.19. The van der Waals surface area contributed by atoms with E-state index in [-0.39, 0.29) is 0 Å². The van der Waals surface area contributed by atoms with E-state index in [0.29, 0.717) is 18.6 Å². The second-order valence-electron chi connectivity index (χ2n) is 5.95. The predicted octanol–water partition coefficient (Wildman–Crippen LogP) is 3.72. The number of hydrogen-bond acceptors (Lipinski definition) is 3. The van der Waals surface area contributed by atoms with Crippen molar-refractivity contribution in [1.29, 1.82) is 0 Å². The molecule has 2 rings (SSSR count). The fourth-order valence-corrected chi connectivity index (χ4v) is 3.66. The Hall–Kier alpha value is -0.580. The molecule has 1 saturated heterocycles. The monoisotopic (exact) mass is 354 g/mol. The average Bonchev–Trinajstić information content (AvgIpc) is 2.48. The van der Waals surface area contributed by atoms with Gasteiger partial charge < -0.3 is 15.3 Å². The molecule has 1 fully saturated rings. The number of nitrogens with zero attached hydrogens (tertiary/aromatic N) is 1. The van der Waals surface area contributed by atoms with Crippen LogP contribution in [0.15, 0.2) is 22.7 Å². The van der Waals surface area contributed by atoms with Crippen LogP contribution in [-0.4, -0.2) is 31.3 Å². The lowest BCUT2D eigenvalue weighted by Crippen LogP contribution is -2.37. The molecule has 3 nitrogen and oxygen atoms in total. The average molecular weight is 355 g/mol. The Kier molecular flexibility index (Phi) is 6.52. The Morgan fingerprint density at radius 1 is 1.48 bits per heavy atom. The van der Waals surface area contributed by atoms with Gasteiger partial charge in [-0.3, -0.25) is 0 Å². The van der Waals surface area contributed by atoms with E-state index in [4.69, 9.17) is 0 Å². The van der Waals surface area contributed by atoms with Gasteiger partial charge in [0.1, 0.15) is 0 Å². The van der Waals surface area contributed by atoms with Crippen LogP contribution in [0.1, 0.15) is 44.7 Å². The molecule has 1 aromatic carbocycles. The van der Waals surface area contributed by atoms with Gasteiger partial charge in [0.05, 0.1) is 0 Å². The van der Waals surface area contributed by atoms with Crippen molar-refractivity contribution in [3.8, 4) is 0 Å².